The fraction of sp³-hybridized carbons (Fsp3) is 0.905. The van der Waals surface area contributed by atoms with Crippen molar-refractivity contribution in [2.24, 2.45) is 5.92 Å². The quantitative estimate of drug-likeness (QED) is 0.279. The zero-order chi connectivity index (χ0) is 16.8. The third-order valence-electron chi connectivity index (χ3n) is 4.74. The summed E-state index contributed by atoms with van der Waals surface area (Å²) in [4.78, 5) is 0. The van der Waals surface area contributed by atoms with Crippen molar-refractivity contribution >= 4 is 0 Å². The first-order valence-corrected chi connectivity index (χ1v) is 10.0. The number of rotatable bonds is 13. The minimum Gasteiger partial charge on any atom is -0.353 e. The van der Waals surface area contributed by atoms with Gasteiger partial charge in [-0.25, -0.2) is 0 Å². The van der Waals surface area contributed by atoms with Crippen LogP contribution in [0.1, 0.15) is 97.8 Å². The minimum absolute atomic E-state index is 0.0941. The second kappa shape index (κ2) is 14.0. The topological polar surface area (TPSA) is 18.5 Å². The van der Waals surface area contributed by atoms with Crippen LogP contribution in [0.15, 0.2) is 11.6 Å². The lowest BCUT2D eigenvalue weighted by atomic mass is 9.97. The maximum absolute atomic E-state index is 5.77. The van der Waals surface area contributed by atoms with E-state index in [4.69, 9.17) is 9.47 Å². The highest BCUT2D eigenvalue weighted by Gasteiger charge is 2.13. The molecule has 0 aliphatic carbocycles. The van der Waals surface area contributed by atoms with Gasteiger partial charge in [-0.3, -0.25) is 0 Å². The molecule has 2 atom stereocenters. The van der Waals surface area contributed by atoms with Crippen molar-refractivity contribution in [2.45, 2.75) is 104 Å². The second-order valence-corrected chi connectivity index (χ2v) is 7.54. The summed E-state index contributed by atoms with van der Waals surface area (Å²) in [6.07, 6.45) is 18.1. The smallest absolute Gasteiger partial charge is 0.157 e. The maximum Gasteiger partial charge on any atom is 0.157 e. The van der Waals surface area contributed by atoms with Crippen LogP contribution in [0, 0.1) is 5.92 Å². The van der Waals surface area contributed by atoms with Gasteiger partial charge < -0.3 is 9.47 Å². The normalized spacial score (nSPS) is 19.5. The first kappa shape index (κ1) is 20.7. The number of unbranched alkanes of at least 4 members (excludes halogenated alkanes) is 5. The van der Waals surface area contributed by atoms with Gasteiger partial charge in [-0.2, -0.15) is 0 Å². The molecule has 136 valence electrons. The van der Waals surface area contributed by atoms with Crippen LogP contribution in [0.25, 0.3) is 0 Å². The van der Waals surface area contributed by atoms with Crippen LogP contribution >= 0.6 is 0 Å². The lowest BCUT2D eigenvalue weighted by Gasteiger charge is -2.22. The Hall–Kier alpha value is -0.340. The molecule has 0 bridgehead atoms. The van der Waals surface area contributed by atoms with E-state index in [2.05, 4.69) is 26.8 Å². The van der Waals surface area contributed by atoms with Gasteiger partial charge in [-0.15, -0.1) is 0 Å². The van der Waals surface area contributed by atoms with Gasteiger partial charge in [0.1, 0.15) is 0 Å². The number of hydrogen-bond donors (Lipinski definition) is 0. The van der Waals surface area contributed by atoms with Crippen LogP contribution in [0.2, 0.25) is 0 Å². The number of hydrogen-bond acceptors (Lipinski definition) is 2. The fourth-order valence-electron chi connectivity index (χ4n) is 3.16. The highest BCUT2D eigenvalue weighted by Crippen LogP contribution is 2.17. The Balaban J connectivity index is 1.79. The van der Waals surface area contributed by atoms with E-state index >= 15 is 0 Å². The lowest BCUT2D eigenvalue weighted by Crippen LogP contribution is -2.22. The Morgan fingerprint density at radius 1 is 1.04 bits per heavy atom. The average molecular weight is 325 g/mol. The molecule has 0 aromatic heterocycles. The van der Waals surface area contributed by atoms with Gasteiger partial charge >= 0.3 is 0 Å². The van der Waals surface area contributed by atoms with Gasteiger partial charge in [0, 0.05) is 13.2 Å². The molecule has 2 unspecified atom stereocenters. The van der Waals surface area contributed by atoms with E-state index < -0.39 is 0 Å². The van der Waals surface area contributed by atoms with Gasteiger partial charge in [-0.05, 0) is 58.3 Å². The predicted octanol–water partition coefficient (Wildman–Crippen LogP) is 6.64. The zero-order valence-electron chi connectivity index (χ0n) is 15.9. The molecule has 1 fully saturated rings. The van der Waals surface area contributed by atoms with E-state index in [0.29, 0.717) is 0 Å². The van der Waals surface area contributed by atoms with Crippen molar-refractivity contribution in [1.82, 2.24) is 0 Å². The third-order valence-corrected chi connectivity index (χ3v) is 4.74. The molecule has 1 heterocycles. The molecule has 0 aromatic carbocycles. The van der Waals surface area contributed by atoms with Crippen LogP contribution in [0.4, 0.5) is 0 Å². The summed E-state index contributed by atoms with van der Waals surface area (Å²) in [6.45, 7) is 8.56. The summed E-state index contributed by atoms with van der Waals surface area (Å²) < 4.78 is 11.3. The molecule has 1 aliphatic rings. The van der Waals surface area contributed by atoms with Crippen LogP contribution in [-0.4, -0.2) is 19.5 Å². The number of allylic oxidation sites excluding steroid dienone is 2. The summed E-state index contributed by atoms with van der Waals surface area (Å²) >= 11 is 0. The van der Waals surface area contributed by atoms with E-state index in [1.54, 1.807) is 0 Å². The first-order valence-electron chi connectivity index (χ1n) is 10.0. The van der Waals surface area contributed by atoms with Crippen LogP contribution in [0.3, 0.4) is 0 Å². The van der Waals surface area contributed by atoms with Crippen molar-refractivity contribution in [3.63, 3.8) is 0 Å². The Morgan fingerprint density at radius 3 is 2.48 bits per heavy atom. The van der Waals surface area contributed by atoms with E-state index in [-0.39, 0.29) is 6.29 Å². The highest BCUT2D eigenvalue weighted by atomic mass is 16.7. The Kier molecular flexibility index (Phi) is 12.6. The Labute approximate surface area is 145 Å². The number of ether oxygens (including phenoxy) is 2. The molecule has 0 spiro atoms. The Bertz CT molecular complexity index is 288. The molecular weight excluding hydrogens is 284 g/mol. The molecule has 2 nitrogen and oxygen atoms in total. The van der Waals surface area contributed by atoms with Crippen LogP contribution in [0.5, 0.6) is 0 Å². The summed E-state index contributed by atoms with van der Waals surface area (Å²) in [5, 5.41) is 0. The van der Waals surface area contributed by atoms with Crippen LogP contribution in [-0.2, 0) is 9.47 Å². The van der Waals surface area contributed by atoms with Gasteiger partial charge in [-0.1, -0.05) is 57.1 Å². The SMILES string of the molecule is CC(C)=CCCC(C)CCCCCCCCOC1CCCCO1. The van der Waals surface area contributed by atoms with Crippen LogP contribution < -0.4 is 0 Å². The molecule has 1 aliphatic heterocycles. The van der Waals surface area contributed by atoms with E-state index in [1.165, 1.54) is 76.2 Å². The summed E-state index contributed by atoms with van der Waals surface area (Å²) in [6, 6.07) is 0. The van der Waals surface area contributed by atoms with Gasteiger partial charge in [0.15, 0.2) is 6.29 Å². The van der Waals surface area contributed by atoms with Gasteiger partial charge in [0.05, 0.1) is 0 Å². The van der Waals surface area contributed by atoms with Crippen molar-refractivity contribution in [3.8, 4) is 0 Å². The van der Waals surface area contributed by atoms with Crippen molar-refractivity contribution in [2.75, 3.05) is 13.2 Å². The molecule has 2 heteroatoms. The summed E-state index contributed by atoms with van der Waals surface area (Å²) in [5.74, 6) is 0.884. The van der Waals surface area contributed by atoms with Crippen molar-refractivity contribution < 1.29 is 9.47 Å². The van der Waals surface area contributed by atoms with Gasteiger partial charge in [0.25, 0.3) is 0 Å². The molecule has 0 radical (unpaired) electrons. The molecule has 1 rings (SSSR count). The molecule has 0 amide bonds. The molecule has 23 heavy (non-hydrogen) atoms. The van der Waals surface area contributed by atoms with E-state index in [9.17, 15) is 0 Å². The first-order chi connectivity index (χ1) is 11.2. The maximum atomic E-state index is 5.77. The molecule has 0 aromatic rings. The molecule has 0 saturated carbocycles. The highest BCUT2D eigenvalue weighted by molar-refractivity contribution is 4.92. The van der Waals surface area contributed by atoms with Crippen molar-refractivity contribution in [3.05, 3.63) is 11.6 Å². The third kappa shape index (κ3) is 12.7. The van der Waals surface area contributed by atoms with Gasteiger partial charge in [0.2, 0.25) is 0 Å². The van der Waals surface area contributed by atoms with Crippen molar-refractivity contribution in [1.29, 1.82) is 0 Å². The summed E-state index contributed by atoms with van der Waals surface area (Å²) in [7, 11) is 0. The standard InChI is InChI=1S/C21H40O2/c1-19(2)13-12-15-20(3)14-8-6-4-5-7-10-17-22-21-16-9-11-18-23-21/h13,20-21H,4-12,14-18H2,1-3H3. The fourth-order valence-corrected chi connectivity index (χ4v) is 3.16. The minimum atomic E-state index is 0.0941. The summed E-state index contributed by atoms with van der Waals surface area (Å²) in [5.41, 5.74) is 1.45. The average Bonchev–Trinajstić information content (AvgIpc) is 2.54. The van der Waals surface area contributed by atoms with E-state index in [0.717, 1.165) is 25.6 Å². The lowest BCUT2D eigenvalue weighted by molar-refractivity contribution is -0.162. The second-order valence-electron chi connectivity index (χ2n) is 7.54. The monoisotopic (exact) mass is 324 g/mol. The zero-order valence-corrected chi connectivity index (χ0v) is 15.9. The van der Waals surface area contributed by atoms with E-state index in [1.807, 2.05) is 0 Å². The molecular formula is C21H40O2. The molecule has 0 N–H and O–H groups in total. The predicted molar refractivity (Wildman–Crippen MR) is 99.7 cm³/mol. The largest absolute Gasteiger partial charge is 0.353 e. The molecule has 1 saturated heterocycles. The Morgan fingerprint density at radius 2 is 1.78 bits per heavy atom.